The van der Waals surface area contributed by atoms with E-state index in [9.17, 15) is 9.90 Å². The summed E-state index contributed by atoms with van der Waals surface area (Å²) in [5, 5.41) is 9.47. The zero-order valence-corrected chi connectivity index (χ0v) is 14.0. The average Bonchev–Trinajstić information content (AvgIpc) is 2.92. The van der Waals surface area contributed by atoms with Crippen molar-refractivity contribution in [1.82, 2.24) is 4.90 Å². The second kappa shape index (κ2) is 6.40. The van der Waals surface area contributed by atoms with E-state index in [-0.39, 0.29) is 11.8 Å². The molecule has 23 heavy (non-hydrogen) atoms. The van der Waals surface area contributed by atoms with Crippen molar-refractivity contribution in [3.05, 3.63) is 23.3 Å². The van der Waals surface area contributed by atoms with E-state index in [1.807, 2.05) is 12.1 Å². The largest absolute Gasteiger partial charge is 0.486 e. The molecule has 0 aromatic heterocycles. The fourth-order valence-electron chi connectivity index (χ4n) is 3.62. The van der Waals surface area contributed by atoms with Gasteiger partial charge in [0.1, 0.15) is 13.2 Å². The molecular formula is C18H25NO4. The molecule has 2 aliphatic heterocycles. The summed E-state index contributed by atoms with van der Waals surface area (Å²) in [6.45, 7) is 9.67. The Labute approximate surface area is 137 Å². The molecule has 0 unspecified atom stereocenters. The van der Waals surface area contributed by atoms with Gasteiger partial charge in [-0.15, -0.1) is 0 Å². The van der Waals surface area contributed by atoms with Crippen molar-refractivity contribution in [1.29, 1.82) is 0 Å². The summed E-state index contributed by atoms with van der Waals surface area (Å²) in [6, 6.07) is 4.07. The summed E-state index contributed by atoms with van der Waals surface area (Å²) in [4.78, 5) is 13.8. The van der Waals surface area contributed by atoms with Crippen LogP contribution in [0.15, 0.2) is 12.1 Å². The van der Waals surface area contributed by atoms with Crippen LogP contribution in [-0.2, 0) is 11.3 Å². The minimum atomic E-state index is -0.676. The molecule has 1 saturated heterocycles. The number of hydrogen-bond acceptors (Lipinski definition) is 4. The molecular weight excluding hydrogens is 294 g/mol. The Balaban J connectivity index is 1.76. The monoisotopic (exact) mass is 319 g/mol. The SMILES string of the molecule is Cc1cc2c(cc1CN1C[C@@H](C(=O)O)[C@H](C(C)C)C1)OCCO2. The summed E-state index contributed by atoms with van der Waals surface area (Å²) >= 11 is 0. The number of fused-ring (bicyclic) bond motifs is 1. The van der Waals surface area contributed by atoms with Crippen LogP contribution < -0.4 is 9.47 Å². The fourth-order valence-corrected chi connectivity index (χ4v) is 3.62. The lowest BCUT2D eigenvalue weighted by Gasteiger charge is -2.23. The summed E-state index contributed by atoms with van der Waals surface area (Å²) in [6.07, 6.45) is 0. The molecule has 1 aromatic carbocycles. The predicted molar refractivity (Wildman–Crippen MR) is 86.9 cm³/mol. The third-order valence-electron chi connectivity index (χ3n) is 5.01. The molecule has 0 spiro atoms. The van der Waals surface area contributed by atoms with Crippen LogP contribution in [0.4, 0.5) is 0 Å². The minimum Gasteiger partial charge on any atom is -0.486 e. The Morgan fingerprint density at radius 1 is 1.26 bits per heavy atom. The van der Waals surface area contributed by atoms with E-state index in [4.69, 9.17) is 9.47 Å². The molecule has 126 valence electrons. The van der Waals surface area contributed by atoms with Gasteiger partial charge in [0.15, 0.2) is 11.5 Å². The zero-order chi connectivity index (χ0) is 16.6. The summed E-state index contributed by atoms with van der Waals surface area (Å²) in [5.41, 5.74) is 2.34. The molecule has 5 nitrogen and oxygen atoms in total. The molecule has 0 saturated carbocycles. The molecule has 1 N–H and O–H groups in total. The normalized spacial score (nSPS) is 24.2. The van der Waals surface area contributed by atoms with Gasteiger partial charge < -0.3 is 14.6 Å². The van der Waals surface area contributed by atoms with E-state index < -0.39 is 5.97 Å². The second-order valence-electron chi connectivity index (χ2n) is 6.97. The standard InChI is InChI=1S/C18H25NO4/c1-11(2)14-9-19(10-15(14)18(20)21)8-13-7-17-16(6-12(13)3)22-4-5-23-17/h6-7,11,14-15H,4-5,8-10H2,1-3H3,(H,20,21)/t14-,15+/m0/s1. The highest BCUT2D eigenvalue weighted by Gasteiger charge is 2.39. The van der Waals surface area contributed by atoms with E-state index >= 15 is 0 Å². The maximum absolute atomic E-state index is 11.5. The van der Waals surface area contributed by atoms with Crippen molar-refractivity contribution in [2.75, 3.05) is 26.3 Å². The molecule has 5 heteroatoms. The number of carboxylic acids is 1. The molecule has 0 amide bonds. The number of likely N-dealkylation sites (tertiary alicyclic amines) is 1. The summed E-state index contributed by atoms with van der Waals surface area (Å²) < 4.78 is 11.3. The van der Waals surface area contributed by atoms with Crippen LogP contribution in [0.2, 0.25) is 0 Å². The molecule has 2 atom stereocenters. The van der Waals surface area contributed by atoms with Gasteiger partial charge in [0.2, 0.25) is 0 Å². The topological polar surface area (TPSA) is 59.0 Å². The van der Waals surface area contributed by atoms with Gasteiger partial charge in [0.25, 0.3) is 0 Å². The Morgan fingerprint density at radius 3 is 2.48 bits per heavy atom. The van der Waals surface area contributed by atoms with Crippen LogP contribution in [0.3, 0.4) is 0 Å². The van der Waals surface area contributed by atoms with Crippen molar-refractivity contribution in [2.24, 2.45) is 17.8 Å². The van der Waals surface area contributed by atoms with Crippen molar-refractivity contribution in [3.8, 4) is 11.5 Å². The van der Waals surface area contributed by atoms with Crippen molar-refractivity contribution < 1.29 is 19.4 Å². The van der Waals surface area contributed by atoms with Gasteiger partial charge in [-0.05, 0) is 42.0 Å². The maximum atomic E-state index is 11.5. The number of benzene rings is 1. The molecule has 0 bridgehead atoms. The average molecular weight is 319 g/mol. The van der Waals surface area contributed by atoms with E-state index in [1.165, 1.54) is 5.56 Å². The van der Waals surface area contributed by atoms with E-state index in [2.05, 4.69) is 25.7 Å². The van der Waals surface area contributed by atoms with Crippen LogP contribution in [0.1, 0.15) is 25.0 Å². The first kappa shape index (κ1) is 16.1. The smallest absolute Gasteiger partial charge is 0.308 e. The van der Waals surface area contributed by atoms with Crippen LogP contribution in [0, 0.1) is 24.7 Å². The van der Waals surface area contributed by atoms with E-state index in [0.29, 0.717) is 25.7 Å². The molecule has 1 fully saturated rings. The van der Waals surface area contributed by atoms with Gasteiger partial charge in [-0.1, -0.05) is 13.8 Å². The lowest BCUT2D eigenvalue weighted by Crippen LogP contribution is -2.25. The first-order valence-electron chi connectivity index (χ1n) is 8.30. The number of nitrogens with zero attached hydrogens (tertiary/aromatic N) is 1. The molecule has 2 heterocycles. The van der Waals surface area contributed by atoms with Crippen molar-refractivity contribution >= 4 is 5.97 Å². The number of carboxylic acid groups (broad SMARTS) is 1. The lowest BCUT2D eigenvalue weighted by atomic mass is 9.86. The Kier molecular flexibility index (Phi) is 4.48. The third-order valence-corrected chi connectivity index (χ3v) is 5.01. The van der Waals surface area contributed by atoms with E-state index in [1.54, 1.807) is 0 Å². The number of aryl methyl sites for hydroxylation is 1. The summed E-state index contributed by atoms with van der Waals surface area (Å²) in [7, 11) is 0. The van der Waals surface area contributed by atoms with Gasteiger partial charge in [0, 0.05) is 19.6 Å². The third kappa shape index (κ3) is 3.29. The molecule has 3 rings (SSSR count). The summed E-state index contributed by atoms with van der Waals surface area (Å²) in [5.74, 6) is 1.25. The molecule has 2 aliphatic rings. The number of hydrogen-bond donors (Lipinski definition) is 1. The highest BCUT2D eigenvalue weighted by Crippen LogP contribution is 2.35. The van der Waals surface area contributed by atoms with Gasteiger partial charge in [-0.25, -0.2) is 0 Å². The minimum absolute atomic E-state index is 0.213. The first-order chi connectivity index (χ1) is 11.0. The van der Waals surface area contributed by atoms with Crippen LogP contribution in [-0.4, -0.2) is 42.3 Å². The maximum Gasteiger partial charge on any atom is 0.308 e. The number of rotatable bonds is 4. The second-order valence-corrected chi connectivity index (χ2v) is 6.97. The van der Waals surface area contributed by atoms with Gasteiger partial charge in [-0.3, -0.25) is 9.69 Å². The first-order valence-corrected chi connectivity index (χ1v) is 8.30. The van der Waals surface area contributed by atoms with Crippen molar-refractivity contribution in [2.45, 2.75) is 27.3 Å². The highest BCUT2D eigenvalue weighted by molar-refractivity contribution is 5.71. The predicted octanol–water partition coefficient (Wildman–Crippen LogP) is 2.55. The quantitative estimate of drug-likeness (QED) is 0.924. The Bertz CT molecular complexity index is 599. The Hall–Kier alpha value is -1.75. The van der Waals surface area contributed by atoms with Gasteiger partial charge >= 0.3 is 5.97 Å². The molecule has 1 aromatic rings. The zero-order valence-electron chi connectivity index (χ0n) is 14.0. The number of carbonyl (C=O) groups is 1. The van der Waals surface area contributed by atoms with E-state index in [0.717, 1.165) is 30.2 Å². The Morgan fingerprint density at radius 2 is 1.91 bits per heavy atom. The van der Waals surface area contributed by atoms with Gasteiger partial charge in [0.05, 0.1) is 5.92 Å². The highest BCUT2D eigenvalue weighted by atomic mass is 16.6. The van der Waals surface area contributed by atoms with Gasteiger partial charge in [-0.2, -0.15) is 0 Å². The van der Waals surface area contributed by atoms with Crippen LogP contribution >= 0.6 is 0 Å². The van der Waals surface area contributed by atoms with Crippen LogP contribution in [0.25, 0.3) is 0 Å². The van der Waals surface area contributed by atoms with Crippen molar-refractivity contribution in [3.63, 3.8) is 0 Å². The molecule has 0 aliphatic carbocycles. The number of aliphatic carboxylic acids is 1. The lowest BCUT2D eigenvalue weighted by molar-refractivity contribution is -0.143. The number of ether oxygens (including phenoxy) is 2. The molecule has 0 radical (unpaired) electrons. The van der Waals surface area contributed by atoms with Crippen LogP contribution in [0.5, 0.6) is 11.5 Å². The fraction of sp³-hybridized carbons (Fsp3) is 0.611.